The summed E-state index contributed by atoms with van der Waals surface area (Å²) in [5.41, 5.74) is 0. The van der Waals surface area contributed by atoms with Gasteiger partial charge in [-0.15, -0.1) is 0 Å². The average Bonchev–Trinajstić information content (AvgIpc) is 2.65. The summed E-state index contributed by atoms with van der Waals surface area (Å²) in [6.07, 6.45) is 22.1. The summed E-state index contributed by atoms with van der Waals surface area (Å²) in [7, 11) is 0. The molecule has 0 saturated carbocycles. The molecule has 0 aromatic heterocycles. The molecule has 0 saturated heterocycles. The van der Waals surface area contributed by atoms with Gasteiger partial charge in [0.1, 0.15) is 0 Å². The number of rotatable bonds is 18. The van der Waals surface area contributed by atoms with Gasteiger partial charge in [0.25, 0.3) is 0 Å². The minimum Gasteiger partial charge on any atom is -0.504 e. The number of para-hydroxylation sites is 2. The van der Waals surface area contributed by atoms with Gasteiger partial charge in [-0.3, -0.25) is 0 Å². The van der Waals surface area contributed by atoms with Crippen molar-refractivity contribution in [2.45, 2.75) is 110 Å². The van der Waals surface area contributed by atoms with E-state index in [4.69, 9.17) is 4.74 Å². The first kappa shape index (κ1) is 22.9. The fraction of sp³-hybridized carbons (Fsp3) is 0.750. The van der Waals surface area contributed by atoms with Crippen LogP contribution in [0.15, 0.2) is 24.3 Å². The van der Waals surface area contributed by atoms with Crippen LogP contribution >= 0.6 is 0 Å². The van der Waals surface area contributed by atoms with Gasteiger partial charge in [-0.1, -0.05) is 115 Å². The predicted octanol–water partition coefficient (Wildman–Crippen LogP) is 8.03. The van der Waals surface area contributed by atoms with E-state index in [0.29, 0.717) is 12.4 Å². The monoisotopic (exact) mass is 362 g/mol. The first-order chi connectivity index (χ1) is 12.8. The van der Waals surface area contributed by atoms with Crippen LogP contribution in [0.25, 0.3) is 0 Å². The second-order valence-electron chi connectivity index (χ2n) is 7.62. The summed E-state index contributed by atoms with van der Waals surface area (Å²) in [6.45, 7) is 2.99. The number of ether oxygens (including phenoxy) is 1. The second kappa shape index (κ2) is 17.2. The number of hydrogen-bond acceptors (Lipinski definition) is 2. The van der Waals surface area contributed by atoms with Crippen molar-refractivity contribution in [3.8, 4) is 11.5 Å². The Kier molecular flexibility index (Phi) is 15.2. The number of phenolic OH excluding ortho intramolecular Hbond substituents is 1. The molecule has 0 aliphatic carbocycles. The SMILES string of the molecule is CCCCCCCCCCCCCCCCCCOc1ccccc1O. The van der Waals surface area contributed by atoms with Crippen molar-refractivity contribution < 1.29 is 9.84 Å². The molecule has 0 fully saturated rings. The molecule has 1 aromatic carbocycles. The summed E-state index contributed by atoms with van der Waals surface area (Å²) in [6, 6.07) is 7.20. The fourth-order valence-corrected chi connectivity index (χ4v) is 3.41. The predicted molar refractivity (Wildman–Crippen MR) is 113 cm³/mol. The van der Waals surface area contributed by atoms with Crippen molar-refractivity contribution >= 4 is 0 Å². The van der Waals surface area contributed by atoms with E-state index < -0.39 is 0 Å². The normalized spacial score (nSPS) is 11.0. The highest BCUT2D eigenvalue weighted by atomic mass is 16.5. The third-order valence-corrected chi connectivity index (χ3v) is 5.12. The van der Waals surface area contributed by atoms with Crippen LogP contribution in [0.3, 0.4) is 0 Å². The minimum absolute atomic E-state index is 0.240. The molecular formula is C24H42O2. The smallest absolute Gasteiger partial charge is 0.160 e. The van der Waals surface area contributed by atoms with E-state index in [1.807, 2.05) is 18.2 Å². The molecule has 1 N–H and O–H groups in total. The van der Waals surface area contributed by atoms with Crippen molar-refractivity contribution in [3.05, 3.63) is 24.3 Å². The van der Waals surface area contributed by atoms with Gasteiger partial charge in [0.15, 0.2) is 11.5 Å². The van der Waals surface area contributed by atoms with Gasteiger partial charge in [-0.05, 0) is 18.6 Å². The first-order valence-electron chi connectivity index (χ1n) is 11.3. The largest absolute Gasteiger partial charge is 0.504 e. The highest BCUT2D eigenvalue weighted by Crippen LogP contribution is 2.24. The molecule has 26 heavy (non-hydrogen) atoms. The van der Waals surface area contributed by atoms with Gasteiger partial charge in [0.2, 0.25) is 0 Å². The Morgan fingerprint density at radius 3 is 1.50 bits per heavy atom. The van der Waals surface area contributed by atoms with E-state index >= 15 is 0 Å². The molecule has 150 valence electrons. The van der Waals surface area contributed by atoms with Gasteiger partial charge < -0.3 is 9.84 Å². The average molecular weight is 363 g/mol. The Morgan fingerprint density at radius 1 is 0.615 bits per heavy atom. The quantitative estimate of drug-likeness (QED) is 0.268. The van der Waals surface area contributed by atoms with E-state index in [9.17, 15) is 5.11 Å². The number of phenols is 1. The third kappa shape index (κ3) is 13.1. The van der Waals surface area contributed by atoms with Gasteiger partial charge in [-0.2, -0.15) is 0 Å². The molecule has 0 aliphatic heterocycles. The molecule has 0 amide bonds. The molecule has 0 bridgehead atoms. The Bertz CT molecular complexity index is 416. The minimum atomic E-state index is 0.240. The maximum absolute atomic E-state index is 9.62. The molecule has 0 atom stereocenters. The molecule has 2 heteroatoms. The summed E-state index contributed by atoms with van der Waals surface area (Å²) in [5, 5.41) is 9.62. The van der Waals surface area contributed by atoms with Gasteiger partial charge in [0.05, 0.1) is 6.61 Å². The topological polar surface area (TPSA) is 29.5 Å². The molecule has 1 aromatic rings. The zero-order chi connectivity index (χ0) is 18.7. The lowest BCUT2D eigenvalue weighted by Crippen LogP contribution is -1.97. The van der Waals surface area contributed by atoms with E-state index in [1.54, 1.807) is 6.07 Å². The molecule has 2 nitrogen and oxygen atoms in total. The molecule has 0 radical (unpaired) electrons. The van der Waals surface area contributed by atoms with Crippen LogP contribution in [0.2, 0.25) is 0 Å². The Balaban J connectivity index is 1.74. The van der Waals surface area contributed by atoms with E-state index in [2.05, 4.69) is 6.92 Å². The Morgan fingerprint density at radius 2 is 1.04 bits per heavy atom. The first-order valence-corrected chi connectivity index (χ1v) is 11.3. The van der Waals surface area contributed by atoms with Crippen LogP contribution in [-0.4, -0.2) is 11.7 Å². The Labute approximate surface area is 162 Å². The molecular weight excluding hydrogens is 320 g/mol. The van der Waals surface area contributed by atoms with Crippen LogP contribution in [-0.2, 0) is 0 Å². The van der Waals surface area contributed by atoms with Crippen LogP contribution in [0.1, 0.15) is 110 Å². The zero-order valence-electron chi connectivity index (χ0n) is 17.2. The van der Waals surface area contributed by atoms with Gasteiger partial charge >= 0.3 is 0 Å². The number of aromatic hydroxyl groups is 1. The lowest BCUT2D eigenvalue weighted by molar-refractivity contribution is 0.288. The number of hydrogen-bond donors (Lipinski definition) is 1. The lowest BCUT2D eigenvalue weighted by atomic mass is 10.0. The van der Waals surface area contributed by atoms with Crippen molar-refractivity contribution in [1.29, 1.82) is 0 Å². The van der Waals surface area contributed by atoms with Gasteiger partial charge in [0, 0.05) is 0 Å². The molecule has 0 heterocycles. The highest BCUT2D eigenvalue weighted by molar-refractivity contribution is 5.37. The highest BCUT2D eigenvalue weighted by Gasteiger charge is 1.99. The number of unbranched alkanes of at least 4 members (excludes halogenated alkanes) is 15. The molecule has 1 rings (SSSR count). The van der Waals surface area contributed by atoms with Crippen molar-refractivity contribution in [2.24, 2.45) is 0 Å². The van der Waals surface area contributed by atoms with E-state index in [-0.39, 0.29) is 5.75 Å². The molecule has 0 unspecified atom stereocenters. The van der Waals surface area contributed by atoms with Crippen molar-refractivity contribution in [2.75, 3.05) is 6.61 Å². The van der Waals surface area contributed by atoms with Crippen molar-refractivity contribution in [3.63, 3.8) is 0 Å². The second-order valence-corrected chi connectivity index (χ2v) is 7.62. The van der Waals surface area contributed by atoms with E-state index in [1.165, 1.54) is 96.3 Å². The van der Waals surface area contributed by atoms with Crippen LogP contribution in [0.4, 0.5) is 0 Å². The third-order valence-electron chi connectivity index (χ3n) is 5.12. The van der Waals surface area contributed by atoms with Crippen LogP contribution in [0, 0.1) is 0 Å². The van der Waals surface area contributed by atoms with Crippen LogP contribution < -0.4 is 4.74 Å². The van der Waals surface area contributed by atoms with Gasteiger partial charge in [-0.25, -0.2) is 0 Å². The van der Waals surface area contributed by atoms with Crippen molar-refractivity contribution in [1.82, 2.24) is 0 Å². The van der Waals surface area contributed by atoms with Crippen LogP contribution in [0.5, 0.6) is 11.5 Å². The number of benzene rings is 1. The zero-order valence-corrected chi connectivity index (χ0v) is 17.2. The fourth-order valence-electron chi connectivity index (χ4n) is 3.41. The lowest BCUT2D eigenvalue weighted by Gasteiger charge is -2.07. The summed E-state index contributed by atoms with van der Waals surface area (Å²) >= 11 is 0. The maximum Gasteiger partial charge on any atom is 0.160 e. The van der Waals surface area contributed by atoms with E-state index in [0.717, 1.165) is 6.42 Å². The Hall–Kier alpha value is -1.18. The molecule has 0 spiro atoms. The summed E-state index contributed by atoms with van der Waals surface area (Å²) in [4.78, 5) is 0. The standard InChI is InChI=1S/C24H42O2/c1-2-3-4-5-6-7-8-9-10-11-12-13-14-15-16-19-22-26-24-21-18-17-20-23(24)25/h17-18,20-21,25H,2-16,19,22H2,1H3. The molecule has 0 aliphatic rings. The summed E-state index contributed by atoms with van der Waals surface area (Å²) < 4.78 is 5.61. The maximum atomic E-state index is 9.62. The summed E-state index contributed by atoms with van der Waals surface area (Å²) in [5.74, 6) is 0.845.